The number of nitrogens with zero attached hydrogens (tertiary/aromatic N) is 2. The summed E-state index contributed by atoms with van der Waals surface area (Å²) in [6.07, 6.45) is 2.30. The Hall–Kier alpha value is -2.30. The van der Waals surface area contributed by atoms with Crippen LogP contribution in [0.15, 0.2) is 36.5 Å². The number of carbonyl (C=O) groups excluding carboxylic acids is 1. The number of hydrogen-bond acceptors (Lipinski definition) is 3. The number of amides is 1. The Morgan fingerprint density at radius 3 is 2.82 bits per heavy atom. The lowest BCUT2D eigenvalue weighted by Crippen LogP contribution is -2.43. The first kappa shape index (κ1) is 14.6. The molecule has 0 radical (unpaired) electrons. The second-order valence-electron chi connectivity index (χ2n) is 6.08. The summed E-state index contributed by atoms with van der Waals surface area (Å²) in [6, 6.07) is 9.31. The van der Waals surface area contributed by atoms with E-state index in [-0.39, 0.29) is 11.8 Å². The fourth-order valence-corrected chi connectivity index (χ4v) is 2.77. The van der Waals surface area contributed by atoms with E-state index in [2.05, 4.69) is 15.3 Å². The second kappa shape index (κ2) is 5.48. The molecule has 1 saturated carbocycles. The van der Waals surface area contributed by atoms with Gasteiger partial charge in [0.25, 0.3) is 0 Å². The molecule has 1 aliphatic rings. The van der Waals surface area contributed by atoms with Crippen LogP contribution >= 0.6 is 0 Å². The summed E-state index contributed by atoms with van der Waals surface area (Å²) in [5.74, 6) is 0.342. The summed E-state index contributed by atoms with van der Waals surface area (Å²) in [5, 5.41) is 2.86. The van der Waals surface area contributed by atoms with Crippen LogP contribution in [0, 0.1) is 12.8 Å². The van der Waals surface area contributed by atoms with Gasteiger partial charge in [-0.3, -0.25) is 4.79 Å². The minimum Gasteiger partial charge on any atom is -0.326 e. The van der Waals surface area contributed by atoms with E-state index in [4.69, 9.17) is 0 Å². The molecule has 1 fully saturated rings. The Labute approximate surface area is 128 Å². The topological polar surface area (TPSA) is 54.9 Å². The number of alkyl halides is 1. The van der Waals surface area contributed by atoms with Crippen LogP contribution in [-0.2, 0) is 4.79 Å². The lowest BCUT2D eigenvalue weighted by Gasteiger charge is -2.37. The van der Waals surface area contributed by atoms with Gasteiger partial charge in [-0.05, 0) is 44.9 Å². The monoisotopic (exact) mass is 299 g/mol. The summed E-state index contributed by atoms with van der Waals surface area (Å²) in [5.41, 5.74) is 1.23. The predicted octanol–water partition coefficient (Wildman–Crippen LogP) is 3.53. The maximum atomic E-state index is 13.5. The molecule has 0 bridgehead atoms. The molecule has 0 aliphatic heterocycles. The molecule has 0 saturated heterocycles. The predicted molar refractivity (Wildman–Crippen MR) is 83.1 cm³/mol. The van der Waals surface area contributed by atoms with Gasteiger partial charge in [0.2, 0.25) is 5.91 Å². The molecule has 5 heteroatoms. The van der Waals surface area contributed by atoms with Crippen molar-refractivity contribution in [1.29, 1.82) is 0 Å². The van der Waals surface area contributed by atoms with Gasteiger partial charge in [0.05, 0.1) is 5.69 Å². The van der Waals surface area contributed by atoms with Crippen molar-refractivity contribution in [2.75, 3.05) is 5.32 Å². The number of aryl methyl sites for hydroxylation is 1. The molecular weight excluding hydrogens is 281 g/mol. The highest BCUT2D eigenvalue weighted by molar-refractivity contribution is 5.93. The molecule has 114 valence electrons. The molecule has 0 spiro atoms. The lowest BCUT2D eigenvalue weighted by atomic mass is 9.73. The Morgan fingerprint density at radius 1 is 1.36 bits per heavy atom. The zero-order valence-electron chi connectivity index (χ0n) is 12.6. The lowest BCUT2D eigenvalue weighted by molar-refractivity contribution is -0.127. The van der Waals surface area contributed by atoms with Gasteiger partial charge in [0.1, 0.15) is 11.5 Å². The summed E-state index contributed by atoms with van der Waals surface area (Å²) >= 11 is 0. The number of halogens is 1. The molecule has 3 rings (SSSR count). The van der Waals surface area contributed by atoms with Gasteiger partial charge >= 0.3 is 0 Å². The molecule has 2 aromatic rings. The Morgan fingerprint density at radius 2 is 2.14 bits per heavy atom. The molecule has 1 aliphatic carbocycles. The highest BCUT2D eigenvalue weighted by Crippen LogP contribution is 2.41. The first-order valence-electron chi connectivity index (χ1n) is 7.33. The third-order valence-corrected chi connectivity index (χ3v) is 3.92. The maximum Gasteiger partial charge on any atom is 0.227 e. The van der Waals surface area contributed by atoms with Crippen LogP contribution in [0.2, 0.25) is 0 Å². The average Bonchev–Trinajstić information content (AvgIpc) is 2.45. The molecule has 1 aromatic carbocycles. The van der Waals surface area contributed by atoms with E-state index in [9.17, 15) is 9.18 Å². The van der Waals surface area contributed by atoms with Gasteiger partial charge in [-0.25, -0.2) is 14.4 Å². The molecule has 1 N–H and O–H groups in total. The van der Waals surface area contributed by atoms with Crippen molar-refractivity contribution in [2.45, 2.75) is 32.4 Å². The Balaban J connectivity index is 1.73. The van der Waals surface area contributed by atoms with Crippen molar-refractivity contribution in [2.24, 2.45) is 5.92 Å². The van der Waals surface area contributed by atoms with Crippen molar-refractivity contribution in [3.63, 3.8) is 0 Å². The second-order valence-corrected chi connectivity index (χ2v) is 6.08. The molecule has 0 unspecified atom stereocenters. The highest BCUT2D eigenvalue weighted by atomic mass is 19.1. The van der Waals surface area contributed by atoms with Gasteiger partial charge in [-0.1, -0.05) is 12.1 Å². The quantitative estimate of drug-likeness (QED) is 0.943. The molecule has 1 amide bonds. The summed E-state index contributed by atoms with van der Waals surface area (Å²) < 4.78 is 13.5. The van der Waals surface area contributed by atoms with Gasteiger partial charge in [-0.15, -0.1) is 0 Å². The van der Waals surface area contributed by atoms with Crippen molar-refractivity contribution in [1.82, 2.24) is 9.97 Å². The van der Waals surface area contributed by atoms with Gasteiger partial charge in [0, 0.05) is 23.4 Å². The zero-order valence-corrected chi connectivity index (χ0v) is 12.6. The third-order valence-electron chi connectivity index (χ3n) is 3.92. The van der Waals surface area contributed by atoms with Gasteiger partial charge in [0.15, 0.2) is 0 Å². The van der Waals surface area contributed by atoms with E-state index in [1.807, 2.05) is 37.3 Å². The molecule has 1 heterocycles. The van der Waals surface area contributed by atoms with E-state index >= 15 is 0 Å². The summed E-state index contributed by atoms with van der Waals surface area (Å²) in [7, 11) is 0. The normalized spacial score (nSPS) is 23.7. The molecule has 4 nitrogen and oxygen atoms in total. The van der Waals surface area contributed by atoms with Crippen molar-refractivity contribution >= 4 is 11.6 Å². The molecule has 0 atom stereocenters. The molecular formula is C17H18FN3O. The standard InChI is InChI=1S/C17H18FN3O/c1-11-19-7-6-15(20-11)12-4-3-5-14(8-12)21-16(22)13-9-17(2,18)10-13/h3-8,13H,9-10H2,1-2H3,(H,21,22). The van der Waals surface area contributed by atoms with Gasteiger partial charge in [-0.2, -0.15) is 0 Å². The highest BCUT2D eigenvalue weighted by Gasteiger charge is 2.44. The third kappa shape index (κ3) is 3.13. The minimum absolute atomic E-state index is 0.119. The Kier molecular flexibility index (Phi) is 3.64. The smallest absolute Gasteiger partial charge is 0.227 e. The van der Waals surface area contributed by atoms with E-state index in [0.717, 1.165) is 11.3 Å². The van der Waals surface area contributed by atoms with Crippen LogP contribution in [-0.4, -0.2) is 21.5 Å². The summed E-state index contributed by atoms with van der Waals surface area (Å²) in [4.78, 5) is 20.5. The maximum absolute atomic E-state index is 13.5. The van der Waals surface area contributed by atoms with E-state index < -0.39 is 5.67 Å². The number of benzene rings is 1. The van der Waals surface area contributed by atoms with E-state index in [1.54, 1.807) is 6.20 Å². The van der Waals surface area contributed by atoms with E-state index in [0.29, 0.717) is 24.4 Å². The SMILES string of the molecule is Cc1nccc(-c2cccc(NC(=O)C3CC(C)(F)C3)c2)n1. The first-order chi connectivity index (χ1) is 10.4. The van der Waals surface area contributed by atoms with Crippen LogP contribution in [0.4, 0.5) is 10.1 Å². The van der Waals surface area contributed by atoms with Crippen molar-refractivity contribution in [3.8, 4) is 11.3 Å². The number of nitrogens with one attached hydrogen (secondary N) is 1. The summed E-state index contributed by atoms with van der Waals surface area (Å²) in [6.45, 7) is 3.37. The zero-order chi connectivity index (χ0) is 15.7. The van der Waals surface area contributed by atoms with Gasteiger partial charge < -0.3 is 5.32 Å². The number of aromatic nitrogens is 2. The molecule has 1 aromatic heterocycles. The number of rotatable bonds is 3. The van der Waals surface area contributed by atoms with Crippen molar-refractivity contribution < 1.29 is 9.18 Å². The van der Waals surface area contributed by atoms with Crippen LogP contribution in [0.5, 0.6) is 0 Å². The largest absolute Gasteiger partial charge is 0.326 e. The van der Waals surface area contributed by atoms with E-state index in [1.165, 1.54) is 6.92 Å². The fourth-order valence-electron chi connectivity index (χ4n) is 2.77. The Bertz CT molecular complexity index is 707. The fraction of sp³-hybridized carbons (Fsp3) is 0.353. The van der Waals surface area contributed by atoms with Crippen LogP contribution in [0.25, 0.3) is 11.3 Å². The number of anilines is 1. The minimum atomic E-state index is -1.19. The number of carbonyl (C=O) groups is 1. The number of hydrogen-bond donors (Lipinski definition) is 1. The van der Waals surface area contributed by atoms with Crippen LogP contribution < -0.4 is 5.32 Å². The average molecular weight is 299 g/mol. The van der Waals surface area contributed by atoms with Crippen molar-refractivity contribution in [3.05, 3.63) is 42.4 Å². The molecule has 22 heavy (non-hydrogen) atoms. The van der Waals surface area contributed by atoms with Crippen LogP contribution in [0.1, 0.15) is 25.6 Å². The first-order valence-corrected chi connectivity index (χ1v) is 7.33. The van der Waals surface area contributed by atoms with Crippen LogP contribution in [0.3, 0.4) is 0 Å².